The summed E-state index contributed by atoms with van der Waals surface area (Å²) in [6.07, 6.45) is 1.58. The standard InChI is InChI=1S/C22H20N4O3/c1-2-14-23-22(29)25-17-10-8-16(9-11-17)24-20(27)18-12-13-19(26-21(18)28)15-6-4-3-5-7-15/h2-13H,1,14H2,(H,24,27)(H,26,28)(H2,23,25,29). The van der Waals surface area contributed by atoms with E-state index in [9.17, 15) is 14.4 Å². The Morgan fingerprint density at radius 2 is 1.55 bits per heavy atom. The summed E-state index contributed by atoms with van der Waals surface area (Å²) < 4.78 is 0. The largest absolute Gasteiger partial charge is 0.334 e. The fraction of sp³-hybridized carbons (Fsp3) is 0.0455. The van der Waals surface area contributed by atoms with E-state index < -0.39 is 11.5 Å². The second kappa shape index (κ2) is 9.18. The first kappa shape index (κ1) is 19.6. The number of nitrogens with one attached hydrogen (secondary N) is 4. The Balaban J connectivity index is 1.66. The van der Waals surface area contributed by atoms with E-state index in [2.05, 4.69) is 27.5 Å². The number of benzene rings is 2. The molecule has 2 aromatic carbocycles. The van der Waals surface area contributed by atoms with Gasteiger partial charge in [-0.2, -0.15) is 0 Å². The maximum atomic E-state index is 12.4. The number of H-pyrrole nitrogens is 1. The van der Waals surface area contributed by atoms with Crippen molar-refractivity contribution in [1.29, 1.82) is 0 Å². The molecule has 4 N–H and O–H groups in total. The number of aromatic nitrogens is 1. The van der Waals surface area contributed by atoms with E-state index in [0.29, 0.717) is 23.6 Å². The van der Waals surface area contributed by atoms with Crippen molar-refractivity contribution in [3.63, 3.8) is 0 Å². The van der Waals surface area contributed by atoms with Crippen LogP contribution in [0.5, 0.6) is 0 Å². The van der Waals surface area contributed by atoms with Crippen LogP contribution in [-0.2, 0) is 0 Å². The zero-order valence-electron chi connectivity index (χ0n) is 15.6. The first-order valence-electron chi connectivity index (χ1n) is 8.93. The first-order chi connectivity index (χ1) is 14.1. The van der Waals surface area contributed by atoms with Gasteiger partial charge in [-0.3, -0.25) is 9.59 Å². The van der Waals surface area contributed by atoms with E-state index in [1.54, 1.807) is 36.4 Å². The van der Waals surface area contributed by atoms with Crippen molar-refractivity contribution in [3.05, 3.63) is 95.3 Å². The Labute approximate surface area is 167 Å². The van der Waals surface area contributed by atoms with Crippen LogP contribution in [0, 0.1) is 0 Å². The number of carbonyl (C=O) groups excluding carboxylic acids is 2. The minimum absolute atomic E-state index is 0.00989. The third-order valence-electron chi connectivity index (χ3n) is 4.05. The molecule has 146 valence electrons. The van der Waals surface area contributed by atoms with Gasteiger partial charge in [0.05, 0.1) is 0 Å². The van der Waals surface area contributed by atoms with E-state index in [1.165, 1.54) is 6.07 Å². The Kier molecular flexibility index (Phi) is 6.22. The lowest BCUT2D eigenvalue weighted by Gasteiger charge is -2.09. The van der Waals surface area contributed by atoms with Gasteiger partial charge in [-0.1, -0.05) is 36.4 Å². The van der Waals surface area contributed by atoms with Crippen molar-refractivity contribution in [1.82, 2.24) is 10.3 Å². The molecule has 0 unspecified atom stereocenters. The van der Waals surface area contributed by atoms with Gasteiger partial charge in [0.2, 0.25) is 0 Å². The summed E-state index contributed by atoms with van der Waals surface area (Å²) in [5.74, 6) is -0.518. The molecule has 3 aromatic rings. The molecule has 0 radical (unpaired) electrons. The summed E-state index contributed by atoms with van der Waals surface area (Å²) in [4.78, 5) is 39.1. The van der Waals surface area contributed by atoms with E-state index in [0.717, 1.165) is 5.56 Å². The SMILES string of the molecule is C=CCNC(=O)Nc1ccc(NC(=O)c2ccc(-c3ccccc3)[nH]c2=O)cc1. The van der Waals surface area contributed by atoms with E-state index >= 15 is 0 Å². The van der Waals surface area contributed by atoms with E-state index in [4.69, 9.17) is 0 Å². The number of hydrogen-bond donors (Lipinski definition) is 4. The van der Waals surface area contributed by atoms with Crippen molar-refractivity contribution < 1.29 is 9.59 Å². The van der Waals surface area contributed by atoms with Gasteiger partial charge in [0.1, 0.15) is 5.56 Å². The summed E-state index contributed by atoms with van der Waals surface area (Å²) >= 11 is 0. The molecule has 0 fully saturated rings. The normalized spacial score (nSPS) is 10.1. The van der Waals surface area contributed by atoms with Crippen molar-refractivity contribution >= 4 is 23.3 Å². The van der Waals surface area contributed by atoms with Gasteiger partial charge >= 0.3 is 6.03 Å². The highest BCUT2D eigenvalue weighted by Crippen LogP contribution is 2.16. The third kappa shape index (κ3) is 5.20. The number of hydrogen-bond acceptors (Lipinski definition) is 3. The van der Waals surface area contributed by atoms with Gasteiger partial charge < -0.3 is 20.9 Å². The Bertz CT molecular complexity index is 1070. The fourth-order valence-electron chi connectivity index (χ4n) is 2.61. The van der Waals surface area contributed by atoms with Gasteiger partial charge in [0.15, 0.2) is 0 Å². The Morgan fingerprint density at radius 1 is 0.897 bits per heavy atom. The molecular weight excluding hydrogens is 368 g/mol. The highest BCUT2D eigenvalue weighted by Gasteiger charge is 2.12. The average molecular weight is 388 g/mol. The van der Waals surface area contributed by atoms with E-state index in [-0.39, 0.29) is 11.6 Å². The summed E-state index contributed by atoms with van der Waals surface area (Å²) in [6, 6.07) is 18.8. The van der Waals surface area contributed by atoms with Gasteiger partial charge in [0, 0.05) is 23.6 Å². The number of carbonyl (C=O) groups is 2. The first-order valence-corrected chi connectivity index (χ1v) is 8.93. The maximum absolute atomic E-state index is 12.4. The molecule has 0 aliphatic rings. The molecule has 0 aliphatic heterocycles. The second-order valence-corrected chi connectivity index (χ2v) is 6.14. The Hall–Kier alpha value is -4.13. The summed E-state index contributed by atoms with van der Waals surface area (Å²) in [7, 11) is 0. The predicted molar refractivity (Wildman–Crippen MR) is 114 cm³/mol. The van der Waals surface area contributed by atoms with Crippen LogP contribution >= 0.6 is 0 Å². The summed E-state index contributed by atoms with van der Waals surface area (Å²) in [6.45, 7) is 3.88. The summed E-state index contributed by atoms with van der Waals surface area (Å²) in [5.41, 5.74) is 2.10. The molecule has 1 heterocycles. The van der Waals surface area contributed by atoms with Crippen LogP contribution in [-0.4, -0.2) is 23.5 Å². The van der Waals surface area contributed by atoms with Gasteiger partial charge in [0.25, 0.3) is 11.5 Å². The molecule has 1 aromatic heterocycles. The second-order valence-electron chi connectivity index (χ2n) is 6.14. The predicted octanol–water partition coefficient (Wildman–Crippen LogP) is 3.60. The van der Waals surface area contributed by atoms with Gasteiger partial charge in [-0.05, 0) is 42.0 Å². The topological polar surface area (TPSA) is 103 Å². The highest BCUT2D eigenvalue weighted by atomic mass is 16.2. The fourth-order valence-corrected chi connectivity index (χ4v) is 2.61. The van der Waals surface area contributed by atoms with Gasteiger partial charge in [-0.15, -0.1) is 6.58 Å². The smallest absolute Gasteiger partial charge is 0.319 e. The molecule has 0 saturated carbocycles. The van der Waals surface area contributed by atoms with Crippen molar-refractivity contribution in [2.45, 2.75) is 0 Å². The minimum Gasteiger partial charge on any atom is -0.334 e. The number of urea groups is 1. The number of aromatic amines is 1. The number of pyridine rings is 1. The summed E-state index contributed by atoms with van der Waals surface area (Å²) in [5, 5.41) is 7.92. The zero-order chi connectivity index (χ0) is 20.6. The van der Waals surface area contributed by atoms with Crippen molar-refractivity contribution in [2.75, 3.05) is 17.2 Å². The Morgan fingerprint density at radius 3 is 2.17 bits per heavy atom. The molecule has 3 rings (SSSR count). The average Bonchev–Trinajstić information content (AvgIpc) is 2.74. The van der Waals surface area contributed by atoms with Crippen LogP contribution in [0.4, 0.5) is 16.2 Å². The van der Waals surface area contributed by atoms with Crippen molar-refractivity contribution in [2.24, 2.45) is 0 Å². The third-order valence-corrected chi connectivity index (χ3v) is 4.05. The zero-order valence-corrected chi connectivity index (χ0v) is 15.6. The molecule has 7 heteroatoms. The van der Waals surface area contributed by atoms with Crippen LogP contribution < -0.4 is 21.5 Å². The van der Waals surface area contributed by atoms with Crippen LogP contribution in [0.15, 0.2) is 84.2 Å². The van der Waals surface area contributed by atoms with Crippen LogP contribution in [0.2, 0.25) is 0 Å². The lowest BCUT2D eigenvalue weighted by atomic mass is 10.1. The molecule has 0 spiro atoms. The molecule has 3 amide bonds. The van der Waals surface area contributed by atoms with Crippen LogP contribution in [0.3, 0.4) is 0 Å². The van der Waals surface area contributed by atoms with E-state index in [1.807, 2.05) is 30.3 Å². The lowest BCUT2D eigenvalue weighted by Crippen LogP contribution is -2.28. The number of amides is 3. The molecular formula is C22H20N4O3. The molecule has 0 atom stereocenters. The van der Waals surface area contributed by atoms with Crippen LogP contribution in [0.25, 0.3) is 11.3 Å². The highest BCUT2D eigenvalue weighted by molar-refractivity contribution is 6.04. The molecule has 0 saturated heterocycles. The molecule has 7 nitrogen and oxygen atoms in total. The quantitative estimate of drug-likeness (QED) is 0.485. The maximum Gasteiger partial charge on any atom is 0.319 e. The number of anilines is 2. The molecule has 29 heavy (non-hydrogen) atoms. The molecule has 0 aliphatic carbocycles. The van der Waals surface area contributed by atoms with Gasteiger partial charge in [-0.25, -0.2) is 4.79 Å². The molecule has 0 bridgehead atoms. The van der Waals surface area contributed by atoms with Crippen LogP contribution in [0.1, 0.15) is 10.4 Å². The monoisotopic (exact) mass is 388 g/mol. The minimum atomic E-state index is -0.518. The lowest BCUT2D eigenvalue weighted by molar-refractivity contribution is 0.102. The van der Waals surface area contributed by atoms with Crippen molar-refractivity contribution in [3.8, 4) is 11.3 Å². The number of rotatable bonds is 6.